The van der Waals surface area contributed by atoms with E-state index in [0.29, 0.717) is 11.6 Å². The number of halogens is 1. The molecule has 0 aromatic heterocycles. The molecule has 0 aliphatic rings. The summed E-state index contributed by atoms with van der Waals surface area (Å²) in [6.45, 7) is 1.85. The number of esters is 1. The van der Waals surface area contributed by atoms with Crippen molar-refractivity contribution in [3.05, 3.63) is 58.6 Å². The topological polar surface area (TPSA) is 64.6 Å². The highest BCUT2D eigenvalue weighted by Crippen LogP contribution is 2.24. The van der Waals surface area contributed by atoms with Crippen molar-refractivity contribution in [3.8, 4) is 5.75 Å². The molecule has 0 radical (unpaired) electrons. The van der Waals surface area contributed by atoms with Crippen molar-refractivity contribution < 1.29 is 19.1 Å². The van der Waals surface area contributed by atoms with Crippen LogP contribution in [-0.2, 0) is 16.1 Å². The number of benzene rings is 2. The molecule has 26 heavy (non-hydrogen) atoms. The molecular weight excluding hydrogens is 374 g/mol. The van der Waals surface area contributed by atoms with E-state index in [2.05, 4.69) is 5.32 Å². The van der Waals surface area contributed by atoms with Gasteiger partial charge in [-0.05, 0) is 49.1 Å². The summed E-state index contributed by atoms with van der Waals surface area (Å²) < 4.78 is 10.3. The molecule has 0 aliphatic carbocycles. The van der Waals surface area contributed by atoms with Gasteiger partial charge in [0.15, 0.2) is 6.10 Å². The highest BCUT2D eigenvalue weighted by atomic mass is 35.5. The minimum absolute atomic E-state index is 0.244. The molecule has 138 valence electrons. The van der Waals surface area contributed by atoms with Gasteiger partial charge in [-0.15, -0.1) is 11.8 Å². The normalized spacial score (nSPS) is 11.5. The Morgan fingerprint density at radius 1 is 1.19 bits per heavy atom. The van der Waals surface area contributed by atoms with Crippen LogP contribution < -0.4 is 10.1 Å². The van der Waals surface area contributed by atoms with Gasteiger partial charge in [-0.25, -0.2) is 4.79 Å². The molecule has 0 bridgehead atoms. The largest absolute Gasteiger partial charge is 0.497 e. The van der Waals surface area contributed by atoms with E-state index in [1.807, 2.05) is 36.6 Å². The van der Waals surface area contributed by atoms with Crippen molar-refractivity contribution in [1.82, 2.24) is 5.32 Å². The van der Waals surface area contributed by atoms with Crippen LogP contribution in [0.15, 0.2) is 47.4 Å². The Hall–Kier alpha value is -2.18. The van der Waals surface area contributed by atoms with Gasteiger partial charge in [-0.1, -0.05) is 23.7 Å². The smallest absolute Gasteiger partial charge is 0.340 e. The molecule has 0 unspecified atom stereocenters. The summed E-state index contributed by atoms with van der Waals surface area (Å²) in [6, 6.07) is 12.4. The van der Waals surface area contributed by atoms with Gasteiger partial charge in [-0.3, -0.25) is 4.79 Å². The summed E-state index contributed by atoms with van der Waals surface area (Å²) in [5, 5.41) is 3.03. The monoisotopic (exact) mass is 393 g/mol. The molecular formula is C19H20ClNO4S. The highest BCUT2D eigenvalue weighted by molar-refractivity contribution is 7.98. The first kappa shape index (κ1) is 20.1. The van der Waals surface area contributed by atoms with Gasteiger partial charge in [0.25, 0.3) is 5.91 Å². The first-order valence-electron chi connectivity index (χ1n) is 7.89. The third-order valence-corrected chi connectivity index (χ3v) is 4.73. The number of hydrogen-bond donors (Lipinski definition) is 1. The SMILES string of the molecule is COc1ccc(CNC(=O)[C@H](C)OC(=O)c2cc(SC)ccc2Cl)cc1. The van der Waals surface area contributed by atoms with Crippen molar-refractivity contribution in [2.75, 3.05) is 13.4 Å². The van der Waals surface area contributed by atoms with Crippen molar-refractivity contribution in [1.29, 1.82) is 0 Å². The molecule has 2 rings (SSSR count). The van der Waals surface area contributed by atoms with Crippen LogP contribution in [0.2, 0.25) is 5.02 Å². The molecule has 0 saturated heterocycles. The molecule has 0 heterocycles. The van der Waals surface area contributed by atoms with Gasteiger partial charge in [-0.2, -0.15) is 0 Å². The maximum atomic E-state index is 12.3. The molecule has 0 fully saturated rings. The summed E-state index contributed by atoms with van der Waals surface area (Å²) >= 11 is 7.54. The molecule has 0 saturated carbocycles. The van der Waals surface area contributed by atoms with Crippen molar-refractivity contribution >= 4 is 35.2 Å². The second kappa shape index (κ2) is 9.50. The van der Waals surface area contributed by atoms with E-state index < -0.39 is 12.1 Å². The number of thioether (sulfide) groups is 1. The first-order chi connectivity index (χ1) is 12.4. The molecule has 5 nitrogen and oxygen atoms in total. The lowest BCUT2D eigenvalue weighted by Gasteiger charge is -2.14. The number of nitrogens with one attached hydrogen (secondary N) is 1. The zero-order chi connectivity index (χ0) is 19.1. The third kappa shape index (κ3) is 5.41. The number of methoxy groups -OCH3 is 1. The Balaban J connectivity index is 1.92. The van der Waals surface area contributed by atoms with Gasteiger partial charge < -0.3 is 14.8 Å². The Morgan fingerprint density at radius 2 is 1.88 bits per heavy atom. The van der Waals surface area contributed by atoms with Crippen molar-refractivity contribution in [3.63, 3.8) is 0 Å². The molecule has 1 N–H and O–H groups in total. The Labute approximate surface area is 162 Å². The van der Waals surface area contributed by atoms with Crippen LogP contribution in [0.3, 0.4) is 0 Å². The van der Waals surface area contributed by atoms with E-state index in [-0.39, 0.29) is 11.5 Å². The maximum Gasteiger partial charge on any atom is 0.340 e. The zero-order valence-corrected chi connectivity index (χ0v) is 16.3. The van der Waals surface area contributed by atoms with E-state index in [9.17, 15) is 9.59 Å². The van der Waals surface area contributed by atoms with E-state index in [1.54, 1.807) is 19.2 Å². The fourth-order valence-corrected chi connectivity index (χ4v) is 2.78. The number of rotatable bonds is 7. The van der Waals surface area contributed by atoms with Crippen LogP contribution in [0.4, 0.5) is 0 Å². The van der Waals surface area contributed by atoms with Crippen molar-refractivity contribution in [2.24, 2.45) is 0 Å². The van der Waals surface area contributed by atoms with Crippen LogP contribution in [0.1, 0.15) is 22.8 Å². The van der Waals surface area contributed by atoms with E-state index in [1.165, 1.54) is 18.7 Å². The molecule has 0 aliphatic heterocycles. The van der Waals surface area contributed by atoms with Gasteiger partial charge in [0.1, 0.15) is 5.75 Å². The van der Waals surface area contributed by atoms with E-state index >= 15 is 0 Å². The number of ether oxygens (including phenoxy) is 2. The lowest BCUT2D eigenvalue weighted by molar-refractivity contribution is -0.129. The Morgan fingerprint density at radius 3 is 2.50 bits per heavy atom. The second-order valence-corrected chi connectivity index (χ2v) is 6.75. The lowest BCUT2D eigenvalue weighted by atomic mass is 10.2. The predicted octanol–water partition coefficient (Wildman–Crippen LogP) is 3.93. The molecule has 1 atom stereocenters. The van der Waals surface area contributed by atoms with Crippen molar-refractivity contribution in [2.45, 2.75) is 24.5 Å². The van der Waals surface area contributed by atoms with Crippen LogP contribution in [0.25, 0.3) is 0 Å². The molecule has 2 aromatic carbocycles. The van der Waals surface area contributed by atoms with Crippen LogP contribution >= 0.6 is 23.4 Å². The second-order valence-electron chi connectivity index (χ2n) is 5.46. The number of carbonyl (C=O) groups excluding carboxylic acids is 2. The molecule has 7 heteroatoms. The summed E-state index contributed by atoms with van der Waals surface area (Å²) in [5.41, 5.74) is 1.15. The fraction of sp³-hybridized carbons (Fsp3) is 0.263. The average Bonchev–Trinajstić information content (AvgIpc) is 2.66. The molecule has 0 spiro atoms. The Kier molecular flexibility index (Phi) is 7.36. The third-order valence-electron chi connectivity index (χ3n) is 3.67. The van der Waals surface area contributed by atoms with E-state index in [4.69, 9.17) is 21.1 Å². The van der Waals surface area contributed by atoms with E-state index in [0.717, 1.165) is 16.2 Å². The summed E-state index contributed by atoms with van der Waals surface area (Å²) in [7, 11) is 1.59. The zero-order valence-electron chi connectivity index (χ0n) is 14.7. The van der Waals surface area contributed by atoms with Crippen LogP contribution in [0, 0.1) is 0 Å². The van der Waals surface area contributed by atoms with Crippen LogP contribution in [0.5, 0.6) is 5.75 Å². The minimum Gasteiger partial charge on any atom is -0.497 e. The minimum atomic E-state index is -0.935. The summed E-state index contributed by atoms with van der Waals surface area (Å²) in [5.74, 6) is -0.268. The maximum absolute atomic E-state index is 12.3. The number of amides is 1. The van der Waals surface area contributed by atoms with Crippen LogP contribution in [-0.4, -0.2) is 31.3 Å². The highest BCUT2D eigenvalue weighted by Gasteiger charge is 2.20. The quantitative estimate of drug-likeness (QED) is 0.570. The average molecular weight is 394 g/mol. The molecule has 1 amide bonds. The Bertz CT molecular complexity index is 780. The summed E-state index contributed by atoms with van der Waals surface area (Å²) in [6.07, 6.45) is 0.961. The number of carbonyl (C=O) groups is 2. The van der Waals surface area contributed by atoms with Gasteiger partial charge >= 0.3 is 5.97 Å². The summed E-state index contributed by atoms with van der Waals surface area (Å²) in [4.78, 5) is 25.3. The molecule has 2 aromatic rings. The standard InChI is InChI=1S/C19H20ClNO4S/c1-12(18(22)21-11-13-4-6-14(24-2)7-5-13)25-19(23)16-10-15(26-3)8-9-17(16)20/h4-10,12H,11H2,1-3H3,(H,21,22)/t12-/m0/s1. The van der Waals surface area contributed by atoms with Gasteiger partial charge in [0, 0.05) is 11.4 Å². The van der Waals surface area contributed by atoms with Gasteiger partial charge in [0.05, 0.1) is 17.7 Å². The van der Waals surface area contributed by atoms with Gasteiger partial charge in [0.2, 0.25) is 0 Å². The predicted molar refractivity (Wildman–Crippen MR) is 103 cm³/mol. The fourth-order valence-electron chi connectivity index (χ4n) is 2.14. The first-order valence-corrected chi connectivity index (χ1v) is 9.50. The number of hydrogen-bond acceptors (Lipinski definition) is 5. The lowest BCUT2D eigenvalue weighted by Crippen LogP contribution is -2.35.